The topological polar surface area (TPSA) is 66.8 Å². The zero-order valence-corrected chi connectivity index (χ0v) is 13.0. The molecule has 20 heavy (non-hydrogen) atoms. The number of carboxylic acid groups (broad SMARTS) is 1. The lowest BCUT2D eigenvalue weighted by molar-refractivity contribution is -0.172. The van der Waals surface area contributed by atoms with E-state index in [1.807, 2.05) is 0 Å². The second kappa shape index (κ2) is 6.11. The van der Waals surface area contributed by atoms with E-state index in [2.05, 4.69) is 15.9 Å². The first-order chi connectivity index (χ1) is 9.45. The van der Waals surface area contributed by atoms with Crippen molar-refractivity contribution < 1.29 is 19.4 Å². The maximum Gasteiger partial charge on any atom is 0.335 e. The summed E-state index contributed by atoms with van der Waals surface area (Å²) in [5, 5.41) is 9.72. The summed E-state index contributed by atoms with van der Waals surface area (Å²) in [6.07, 6.45) is -1.13. The largest absolute Gasteiger partial charge is 0.479 e. The van der Waals surface area contributed by atoms with Crippen LogP contribution in [0.25, 0.3) is 0 Å². The molecule has 1 aromatic rings. The Hall–Kier alpha value is -1.11. The molecular formula is C13H13BrClNO4. The highest BCUT2D eigenvalue weighted by Crippen LogP contribution is 2.35. The van der Waals surface area contributed by atoms with Crippen molar-refractivity contribution in [2.75, 3.05) is 13.2 Å². The van der Waals surface area contributed by atoms with Gasteiger partial charge in [0.25, 0.3) is 0 Å². The summed E-state index contributed by atoms with van der Waals surface area (Å²) in [6, 6.07) is 4.40. The van der Waals surface area contributed by atoms with E-state index in [-0.39, 0.29) is 12.5 Å². The molecule has 1 saturated heterocycles. The SMILES string of the molecule is CCN1C(=O)COC(C(=O)O)C1c1cc(Br)ccc1Cl. The average Bonchev–Trinajstić information content (AvgIpc) is 2.40. The molecule has 5 nitrogen and oxygen atoms in total. The van der Waals surface area contributed by atoms with Gasteiger partial charge in [-0.3, -0.25) is 4.79 Å². The highest BCUT2D eigenvalue weighted by atomic mass is 79.9. The van der Waals surface area contributed by atoms with Crippen molar-refractivity contribution in [3.63, 3.8) is 0 Å². The number of halogens is 2. The smallest absolute Gasteiger partial charge is 0.335 e. The number of carbonyl (C=O) groups excluding carboxylic acids is 1. The van der Waals surface area contributed by atoms with Crippen LogP contribution in [0.2, 0.25) is 5.02 Å². The Labute approximate surface area is 129 Å². The summed E-state index contributed by atoms with van der Waals surface area (Å²) in [7, 11) is 0. The molecular weight excluding hydrogens is 350 g/mol. The minimum atomic E-state index is -1.13. The van der Waals surface area contributed by atoms with E-state index in [1.165, 1.54) is 4.90 Å². The summed E-state index contributed by atoms with van der Waals surface area (Å²) in [4.78, 5) is 24.8. The van der Waals surface area contributed by atoms with Gasteiger partial charge in [0.15, 0.2) is 6.10 Å². The van der Waals surface area contributed by atoms with Gasteiger partial charge in [0.1, 0.15) is 6.61 Å². The van der Waals surface area contributed by atoms with E-state index in [0.29, 0.717) is 17.1 Å². The van der Waals surface area contributed by atoms with Crippen LogP contribution in [0.3, 0.4) is 0 Å². The van der Waals surface area contributed by atoms with Gasteiger partial charge in [0, 0.05) is 16.0 Å². The normalized spacial score (nSPS) is 22.9. The third-order valence-electron chi connectivity index (χ3n) is 3.19. The molecule has 1 N–H and O–H groups in total. The van der Waals surface area contributed by atoms with Crippen LogP contribution in [0.5, 0.6) is 0 Å². The van der Waals surface area contributed by atoms with Crippen molar-refractivity contribution in [2.45, 2.75) is 19.1 Å². The van der Waals surface area contributed by atoms with Crippen molar-refractivity contribution in [3.8, 4) is 0 Å². The first-order valence-corrected chi connectivity index (χ1v) is 7.21. The molecule has 0 radical (unpaired) electrons. The maximum absolute atomic E-state index is 11.9. The van der Waals surface area contributed by atoms with Crippen molar-refractivity contribution in [3.05, 3.63) is 33.3 Å². The van der Waals surface area contributed by atoms with E-state index in [9.17, 15) is 14.7 Å². The molecule has 0 saturated carbocycles. The van der Waals surface area contributed by atoms with Gasteiger partial charge in [0.05, 0.1) is 6.04 Å². The summed E-state index contributed by atoms with van der Waals surface area (Å²) in [5.74, 6) is -1.36. The molecule has 7 heteroatoms. The summed E-state index contributed by atoms with van der Waals surface area (Å²) >= 11 is 9.49. The number of rotatable bonds is 3. The van der Waals surface area contributed by atoms with Crippen molar-refractivity contribution in [1.29, 1.82) is 0 Å². The lowest BCUT2D eigenvalue weighted by Gasteiger charge is -2.39. The number of carbonyl (C=O) groups is 2. The molecule has 1 aromatic carbocycles. The van der Waals surface area contributed by atoms with Crippen LogP contribution in [0.1, 0.15) is 18.5 Å². The first-order valence-electron chi connectivity index (χ1n) is 6.04. The number of nitrogens with zero attached hydrogens (tertiary/aromatic N) is 1. The molecule has 1 heterocycles. The van der Waals surface area contributed by atoms with E-state index in [0.717, 1.165) is 4.47 Å². The van der Waals surface area contributed by atoms with Gasteiger partial charge in [-0.1, -0.05) is 27.5 Å². The number of hydrogen-bond acceptors (Lipinski definition) is 3. The third-order valence-corrected chi connectivity index (χ3v) is 4.03. The second-order valence-corrected chi connectivity index (χ2v) is 5.68. The van der Waals surface area contributed by atoms with Gasteiger partial charge in [-0.2, -0.15) is 0 Å². The molecule has 0 aromatic heterocycles. The number of aliphatic carboxylic acids is 1. The molecule has 108 valence electrons. The predicted octanol–water partition coefficient (Wildman–Crippen LogP) is 2.48. The molecule has 2 unspecified atom stereocenters. The lowest BCUT2D eigenvalue weighted by atomic mass is 9.97. The summed E-state index contributed by atoms with van der Waals surface area (Å²) in [5.41, 5.74) is 0.559. The number of morpholine rings is 1. The number of hydrogen-bond donors (Lipinski definition) is 1. The molecule has 2 rings (SSSR count). The monoisotopic (exact) mass is 361 g/mol. The van der Waals surface area contributed by atoms with Crippen LogP contribution >= 0.6 is 27.5 Å². The molecule has 0 bridgehead atoms. The Bertz CT molecular complexity index is 549. The van der Waals surface area contributed by atoms with Crippen molar-refractivity contribution in [2.24, 2.45) is 0 Å². The number of likely N-dealkylation sites (N-methyl/N-ethyl adjacent to an activating group) is 1. The molecule has 1 aliphatic rings. The number of carboxylic acids is 1. The molecule has 1 amide bonds. The van der Waals surface area contributed by atoms with E-state index < -0.39 is 18.1 Å². The Morgan fingerprint density at radius 3 is 2.90 bits per heavy atom. The molecule has 0 aliphatic carbocycles. The first kappa shape index (κ1) is 15.3. The van der Waals surface area contributed by atoms with Crippen LogP contribution in [0, 0.1) is 0 Å². The Morgan fingerprint density at radius 1 is 1.60 bits per heavy atom. The van der Waals surface area contributed by atoms with Gasteiger partial charge < -0.3 is 14.7 Å². The number of ether oxygens (including phenoxy) is 1. The molecule has 2 atom stereocenters. The number of amides is 1. The minimum Gasteiger partial charge on any atom is -0.479 e. The Balaban J connectivity index is 2.52. The van der Waals surface area contributed by atoms with Gasteiger partial charge in [-0.15, -0.1) is 0 Å². The van der Waals surface area contributed by atoms with E-state index in [1.54, 1.807) is 25.1 Å². The van der Waals surface area contributed by atoms with E-state index >= 15 is 0 Å². The van der Waals surface area contributed by atoms with Gasteiger partial charge in [-0.05, 0) is 30.7 Å². The average molecular weight is 363 g/mol. The van der Waals surface area contributed by atoms with Crippen LogP contribution in [0.4, 0.5) is 0 Å². The quantitative estimate of drug-likeness (QED) is 0.897. The maximum atomic E-state index is 11.9. The fraction of sp³-hybridized carbons (Fsp3) is 0.385. The van der Waals surface area contributed by atoms with Crippen LogP contribution in [-0.4, -0.2) is 41.1 Å². The highest BCUT2D eigenvalue weighted by molar-refractivity contribution is 9.10. The summed E-state index contributed by atoms with van der Waals surface area (Å²) in [6.45, 7) is 1.95. The molecule has 0 spiro atoms. The van der Waals surface area contributed by atoms with Crippen LogP contribution in [0.15, 0.2) is 22.7 Å². The Morgan fingerprint density at radius 2 is 2.30 bits per heavy atom. The molecule has 1 aliphatic heterocycles. The van der Waals surface area contributed by atoms with Crippen molar-refractivity contribution >= 4 is 39.4 Å². The molecule has 1 fully saturated rings. The second-order valence-electron chi connectivity index (χ2n) is 4.36. The van der Waals surface area contributed by atoms with Crippen LogP contribution < -0.4 is 0 Å². The Kier molecular flexibility index (Phi) is 4.67. The minimum absolute atomic E-state index is 0.229. The highest BCUT2D eigenvalue weighted by Gasteiger charge is 2.42. The van der Waals surface area contributed by atoms with Gasteiger partial charge >= 0.3 is 5.97 Å². The number of benzene rings is 1. The predicted molar refractivity (Wildman–Crippen MR) is 76.7 cm³/mol. The standard InChI is InChI=1S/C13H13BrClNO4/c1-2-16-10(17)6-20-12(13(18)19)11(16)8-5-7(14)3-4-9(8)15/h3-5,11-12H,2,6H2,1H3,(H,18,19). The van der Waals surface area contributed by atoms with Crippen LogP contribution in [-0.2, 0) is 14.3 Å². The van der Waals surface area contributed by atoms with E-state index in [4.69, 9.17) is 16.3 Å². The zero-order chi connectivity index (χ0) is 14.9. The van der Waals surface area contributed by atoms with Gasteiger partial charge in [0.2, 0.25) is 5.91 Å². The lowest BCUT2D eigenvalue weighted by Crippen LogP contribution is -2.51. The fourth-order valence-electron chi connectivity index (χ4n) is 2.31. The third kappa shape index (κ3) is 2.82. The van der Waals surface area contributed by atoms with Crippen molar-refractivity contribution in [1.82, 2.24) is 4.90 Å². The summed E-state index contributed by atoms with van der Waals surface area (Å²) < 4.78 is 5.94. The fourth-order valence-corrected chi connectivity index (χ4v) is 2.91. The van der Waals surface area contributed by atoms with Gasteiger partial charge in [-0.25, -0.2) is 4.79 Å². The zero-order valence-electron chi connectivity index (χ0n) is 10.7.